The minimum Gasteiger partial charge on any atom is -0.382 e. The Labute approximate surface area is 137 Å². The molecule has 1 saturated heterocycles. The smallest absolute Gasteiger partial charge is 0.382 e. The van der Waals surface area contributed by atoms with Crippen LogP contribution in [0.15, 0.2) is 6.20 Å². The first kappa shape index (κ1) is 18.7. The van der Waals surface area contributed by atoms with E-state index in [9.17, 15) is 23.1 Å². The predicted molar refractivity (Wildman–Crippen MR) is 79.0 cm³/mol. The average Bonchev–Trinajstić information content (AvgIpc) is 2.95. The van der Waals surface area contributed by atoms with E-state index in [1.165, 1.54) is 0 Å². The Balaban J connectivity index is 1.96. The van der Waals surface area contributed by atoms with Crippen molar-refractivity contribution in [2.45, 2.75) is 44.5 Å². The normalized spacial score (nSPS) is 22.8. The summed E-state index contributed by atoms with van der Waals surface area (Å²) in [5.74, 6) is -0.720. The lowest BCUT2D eigenvalue weighted by Crippen LogP contribution is -2.50. The Hall–Kier alpha value is -1.68. The lowest BCUT2D eigenvalue weighted by molar-refractivity contribution is -0.140. The zero-order chi connectivity index (χ0) is 18.0. The molecule has 0 unspecified atom stereocenters. The summed E-state index contributed by atoms with van der Waals surface area (Å²) in [5.41, 5.74) is -0.841. The van der Waals surface area contributed by atoms with E-state index in [0.717, 1.165) is 0 Å². The molecule has 2 N–H and O–H groups in total. The van der Waals surface area contributed by atoms with Crippen molar-refractivity contribution >= 4 is 5.91 Å². The van der Waals surface area contributed by atoms with Crippen LogP contribution in [0.1, 0.15) is 38.4 Å². The number of carbonyl (C=O) groups excluding carboxylic acids is 1. The van der Waals surface area contributed by atoms with E-state index in [1.807, 2.05) is 19.2 Å². The number of amides is 1. The summed E-state index contributed by atoms with van der Waals surface area (Å²) < 4.78 is 38.0. The van der Waals surface area contributed by atoms with E-state index >= 15 is 0 Å². The van der Waals surface area contributed by atoms with Crippen LogP contribution in [0.25, 0.3) is 0 Å². The summed E-state index contributed by atoms with van der Waals surface area (Å²) >= 11 is 0. The van der Waals surface area contributed by atoms with Gasteiger partial charge < -0.3 is 10.4 Å². The molecule has 1 amide bonds. The number of piperidine rings is 1. The third-order valence-electron chi connectivity index (χ3n) is 3.92. The van der Waals surface area contributed by atoms with E-state index in [-0.39, 0.29) is 19.1 Å². The number of nitrogens with zero attached hydrogens (tertiary/aromatic N) is 4. The number of halogens is 3. The number of β-amino-alcohol motifs (C(OH)–C–C–N with tert-alkyl or cyclic N) is 1. The molecule has 1 aliphatic rings. The lowest BCUT2D eigenvalue weighted by Gasteiger charge is -2.37. The number of alkyl halides is 3. The third-order valence-corrected chi connectivity index (χ3v) is 3.92. The molecule has 7 nitrogen and oxygen atoms in total. The minimum absolute atomic E-state index is 0.0997. The Morgan fingerprint density at radius 2 is 2.21 bits per heavy atom. The van der Waals surface area contributed by atoms with E-state index in [4.69, 9.17) is 0 Å². The van der Waals surface area contributed by atoms with E-state index in [0.29, 0.717) is 25.1 Å². The lowest BCUT2D eigenvalue weighted by atomic mass is 9.90. The molecule has 0 bridgehead atoms. The van der Waals surface area contributed by atoms with E-state index < -0.39 is 24.2 Å². The highest BCUT2D eigenvalue weighted by atomic mass is 19.4. The van der Waals surface area contributed by atoms with Crippen molar-refractivity contribution in [3.05, 3.63) is 11.9 Å². The standard InChI is InChI=1S/C14H22F3N5O2/c1-10(2)22-6-11(19-20-22)13(24)4-3-5-21(9-13)7-12(23)18-8-14(15,16)17/h6,10,24H,3-5,7-9H2,1-2H3,(H,18,23)/t13-/m0/s1. The van der Waals surface area contributed by atoms with Crippen LogP contribution in [0.2, 0.25) is 0 Å². The fourth-order valence-electron chi connectivity index (χ4n) is 2.67. The van der Waals surface area contributed by atoms with Crippen molar-refractivity contribution in [1.29, 1.82) is 0 Å². The van der Waals surface area contributed by atoms with Crippen molar-refractivity contribution < 1.29 is 23.1 Å². The van der Waals surface area contributed by atoms with Crippen LogP contribution >= 0.6 is 0 Å². The zero-order valence-corrected chi connectivity index (χ0v) is 13.7. The van der Waals surface area contributed by atoms with Gasteiger partial charge in [0, 0.05) is 12.6 Å². The predicted octanol–water partition coefficient (Wildman–Crippen LogP) is 0.821. The third kappa shape index (κ3) is 4.91. The van der Waals surface area contributed by atoms with Crippen LogP contribution in [0, 0.1) is 0 Å². The van der Waals surface area contributed by atoms with E-state index in [2.05, 4.69) is 10.3 Å². The molecule has 0 radical (unpaired) electrons. The number of rotatable bonds is 5. The van der Waals surface area contributed by atoms with Gasteiger partial charge in [-0.05, 0) is 33.2 Å². The van der Waals surface area contributed by atoms with Gasteiger partial charge in [-0.2, -0.15) is 13.2 Å². The summed E-state index contributed by atoms with van der Waals surface area (Å²) in [6, 6.07) is 0.0997. The Morgan fingerprint density at radius 3 is 2.79 bits per heavy atom. The molecule has 0 aliphatic carbocycles. The Kier molecular flexibility index (Phi) is 5.49. The van der Waals surface area contributed by atoms with Gasteiger partial charge in [0.2, 0.25) is 5.91 Å². The summed E-state index contributed by atoms with van der Waals surface area (Å²) in [5, 5.41) is 20.6. The highest BCUT2D eigenvalue weighted by molar-refractivity contribution is 5.78. The van der Waals surface area contributed by atoms with Crippen LogP contribution in [-0.4, -0.2) is 63.3 Å². The number of hydrogen-bond acceptors (Lipinski definition) is 5. The van der Waals surface area contributed by atoms with Gasteiger partial charge in [0.25, 0.3) is 0 Å². The minimum atomic E-state index is -4.44. The van der Waals surface area contributed by atoms with Gasteiger partial charge >= 0.3 is 6.18 Å². The van der Waals surface area contributed by atoms with Crippen molar-refractivity contribution in [1.82, 2.24) is 25.2 Å². The molecule has 1 aliphatic heterocycles. The molecular weight excluding hydrogens is 327 g/mol. The molecule has 0 aromatic carbocycles. The zero-order valence-electron chi connectivity index (χ0n) is 13.7. The molecule has 2 heterocycles. The topological polar surface area (TPSA) is 83.3 Å². The number of carbonyl (C=O) groups is 1. The quantitative estimate of drug-likeness (QED) is 0.822. The van der Waals surface area contributed by atoms with Crippen LogP contribution in [0.4, 0.5) is 13.2 Å². The first-order chi connectivity index (χ1) is 11.1. The SMILES string of the molecule is CC(C)n1cc([C@]2(O)CCCN(CC(=O)NCC(F)(F)F)C2)nn1. The van der Waals surface area contributed by atoms with Gasteiger partial charge in [-0.1, -0.05) is 5.21 Å². The van der Waals surface area contributed by atoms with Crippen LogP contribution < -0.4 is 5.32 Å². The largest absolute Gasteiger partial charge is 0.405 e. The molecule has 136 valence electrons. The highest BCUT2D eigenvalue weighted by Gasteiger charge is 2.38. The van der Waals surface area contributed by atoms with Crippen LogP contribution in [0.5, 0.6) is 0 Å². The summed E-state index contributed by atoms with van der Waals surface area (Å²) in [6.07, 6.45) is -1.70. The number of nitrogens with one attached hydrogen (secondary N) is 1. The Bertz CT molecular complexity index is 575. The molecule has 1 aromatic heterocycles. The highest BCUT2D eigenvalue weighted by Crippen LogP contribution is 2.30. The first-order valence-corrected chi connectivity index (χ1v) is 7.79. The van der Waals surface area contributed by atoms with Gasteiger partial charge in [0.05, 0.1) is 12.7 Å². The maximum Gasteiger partial charge on any atom is 0.405 e. The second kappa shape index (κ2) is 7.06. The molecular formula is C14H22F3N5O2. The molecule has 24 heavy (non-hydrogen) atoms. The first-order valence-electron chi connectivity index (χ1n) is 7.79. The Morgan fingerprint density at radius 1 is 1.50 bits per heavy atom. The number of likely N-dealkylation sites (tertiary alicyclic amines) is 1. The molecule has 1 fully saturated rings. The number of aliphatic hydroxyl groups is 1. The molecule has 1 aromatic rings. The van der Waals surface area contributed by atoms with Crippen LogP contribution in [0.3, 0.4) is 0 Å². The maximum absolute atomic E-state index is 12.1. The van der Waals surface area contributed by atoms with Gasteiger partial charge in [0.15, 0.2) is 0 Å². The summed E-state index contributed by atoms with van der Waals surface area (Å²) in [6.45, 7) is 2.97. The number of hydrogen-bond donors (Lipinski definition) is 2. The van der Waals surface area contributed by atoms with Crippen molar-refractivity contribution in [3.63, 3.8) is 0 Å². The van der Waals surface area contributed by atoms with Crippen molar-refractivity contribution in [2.24, 2.45) is 0 Å². The average molecular weight is 349 g/mol. The van der Waals surface area contributed by atoms with Gasteiger partial charge in [0.1, 0.15) is 17.8 Å². The molecule has 0 saturated carbocycles. The fourth-order valence-corrected chi connectivity index (χ4v) is 2.67. The van der Waals surface area contributed by atoms with Gasteiger partial charge in [-0.25, -0.2) is 4.68 Å². The monoisotopic (exact) mass is 349 g/mol. The molecule has 2 rings (SSSR count). The second-order valence-electron chi connectivity index (χ2n) is 6.42. The molecule has 0 spiro atoms. The second-order valence-corrected chi connectivity index (χ2v) is 6.42. The maximum atomic E-state index is 12.1. The summed E-state index contributed by atoms with van der Waals surface area (Å²) in [4.78, 5) is 13.3. The number of aromatic nitrogens is 3. The van der Waals surface area contributed by atoms with E-state index in [1.54, 1.807) is 15.8 Å². The van der Waals surface area contributed by atoms with Crippen LogP contribution in [-0.2, 0) is 10.4 Å². The van der Waals surface area contributed by atoms with Gasteiger partial charge in [-0.3, -0.25) is 9.69 Å². The van der Waals surface area contributed by atoms with Crippen molar-refractivity contribution in [3.8, 4) is 0 Å². The van der Waals surface area contributed by atoms with Gasteiger partial charge in [-0.15, -0.1) is 5.10 Å². The fraction of sp³-hybridized carbons (Fsp3) is 0.786. The molecule has 1 atom stereocenters. The van der Waals surface area contributed by atoms with Crippen molar-refractivity contribution in [2.75, 3.05) is 26.2 Å². The molecule has 10 heteroatoms. The summed E-state index contributed by atoms with van der Waals surface area (Å²) in [7, 11) is 0.